The van der Waals surface area contributed by atoms with Gasteiger partial charge < -0.3 is 59.1 Å². The molecule has 2 aliphatic rings. The van der Waals surface area contributed by atoms with E-state index in [2.05, 4.69) is 0 Å². The summed E-state index contributed by atoms with van der Waals surface area (Å²) in [6.07, 6.45) is -4.87. The summed E-state index contributed by atoms with van der Waals surface area (Å²) in [6.45, 7) is -0.559. The van der Waals surface area contributed by atoms with Gasteiger partial charge in [0, 0.05) is 18.1 Å². The molecule has 0 saturated carbocycles. The second-order valence-corrected chi connectivity index (χ2v) is 9.68. The predicted octanol–water partition coefficient (Wildman–Crippen LogP) is 0.501. The molecule has 1 fully saturated rings. The highest BCUT2D eigenvalue weighted by Gasteiger charge is 2.44. The summed E-state index contributed by atoms with van der Waals surface area (Å²) in [5.74, 6) is -1.23. The number of hydrogen-bond acceptors (Lipinski definition) is 12. The summed E-state index contributed by atoms with van der Waals surface area (Å²) in [7, 11) is 5.65. The van der Waals surface area contributed by atoms with Gasteiger partial charge in [0.2, 0.25) is 11.5 Å². The Kier molecular flexibility index (Phi) is 8.94. The topological polar surface area (TPSA) is 177 Å². The lowest BCUT2D eigenvalue weighted by Gasteiger charge is -2.42. The van der Waals surface area contributed by atoms with E-state index in [1.54, 1.807) is 18.2 Å². The van der Waals surface area contributed by atoms with E-state index in [1.807, 2.05) is 0 Å². The third kappa shape index (κ3) is 5.28. The van der Waals surface area contributed by atoms with Crippen molar-refractivity contribution < 1.29 is 59.1 Å². The Hall–Kier alpha value is -3.00. The average molecular weight is 553 g/mol. The number of ether oxygens (including phenoxy) is 6. The van der Waals surface area contributed by atoms with Crippen molar-refractivity contribution in [1.29, 1.82) is 0 Å². The summed E-state index contributed by atoms with van der Waals surface area (Å²) in [5, 5.41) is 62.7. The van der Waals surface area contributed by atoms with Crippen molar-refractivity contribution >= 4 is 0 Å². The Morgan fingerprint density at radius 2 is 1.49 bits per heavy atom. The highest BCUT2D eigenvalue weighted by Crippen LogP contribution is 2.54. The average Bonchev–Trinajstić information content (AvgIpc) is 2.94. The van der Waals surface area contributed by atoms with Gasteiger partial charge in [-0.2, -0.15) is 0 Å². The number of methoxy groups -OCH3 is 4. The van der Waals surface area contributed by atoms with Crippen molar-refractivity contribution in [3.8, 4) is 34.5 Å². The number of aliphatic hydroxyl groups excluding tert-OH is 4. The van der Waals surface area contributed by atoms with Crippen LogP contribution in [0.15, 0.2) is 18.2 Å². The van der Waals surface area contributed by atoms with Crippen LogP contribution in [0, 0.1) is 11.8 Å². The fourth-order valence-corrected chi connectivity index (χ4v) is 5.62. The van der Waals surface area contributed by atoms with E-state index in [0.717, 1.165) is 5.56 Å². The molecule has 39 heavy (non-hydrogen) atoms. The highest BCUT2D eigenvalue weighted by molar-refractivity contribution is 5.64. The van der Waals surface area contributed by atoms with Gasteiger partial charge in [-0.3, -0.25) is 0 Å². The van der Waals surface area contributed by atoms with Crippen LogP contribution in [0.3, 0.4) is 0 Å². The Labute approximate surface area is 225 Å². The largest absolute Gasteiger partial charge is 0.502 e. The molecule has 7 unspecified atom stereocenters. The van der Waals surface area contributed by atoms with Crippen molar-refractivity contribution in [2.24, 2.45) is 11.8 Å². The van der Waals surface area contributed by atoms with Gasteiger partial charge in [-0.05, 0) is 47.6 Å². The van der Waals surface area contributed by atoms with Crippen molar-refractivity contribution in [2.45, 2.75) is 36.9 Å². The maximum atomic E-state index is 10.9. The first-order valence-electron chi connectivity index (χ1n) is 12.5. The van der Waals surface area contributed by atoms with Crippen LogP contribution in [0.4, 0.5) is 0 Å². The third-order valence-corrected chi connectivity index (χ3v) is 7.62. The number of fused-ring (bicyclic) bond motifs is 1. The predicted molar refractivity (Wildman–Crippen MR) is 136 cm³/mol. The zero-order chi connectivity index (χ0) is 28.4. The van der Waals surface area contributed by atoms with Gasteiger partial charge in [0.15, 0.2) is 29.3 Å². The zero-order valence-electron chi connectivity index (χ0n) is 22.2. The minimum absolute atomic E-state index is 0.0199. The fraction of sp³-hybridized carbons (Fsp3) is 0.556. The lowest BCUT2D eigenvalue weighted by Crippen LogP contribution is -2.54. The van der Waals surface area contributed by atoms with Gasteiger partial charge in [-0.1, -0.05) is 0 Å². The second kappa shape index (κ2) is 12.0. The van der Waals surface area contributed by atoms with E-state index >= 15 is 0 Å². The van der Waals surface area contributed by atoms with Crippen LogP contribution < -0.4 is 18.9 Å². The molecule has 0 spiro atoms. The summed E-state index contributed by atoms with van der Waals surface area (Å²) in [5.41, 5.74) is 1.96. The standard InChI is InChI=1S/C27H36O12/c1-34-17-7-13(8-18(35-2)23(17)31)20-15(9-28)14(10-38-26-22(30)16(29)11-39-27(26)33)5-12-6-19(36-3)24(32)25(37-4)21(12)20/h6-8,14-16,20,22,26-33H,5,9-11H2,1-4H3. The molecule has 1 heterocycles. The number of hydrogen-bond donors (Lipinski definition) is 6. The normalized spacial score (nSPS) is 28.5. The number of aliphatic hydroxyl groups is 4. The monoisotopic (exact) mass is 552 g/mol. The molecule has 0 radical (unpaired) electrons. The van der Waals surface area contributed by atoms with Crippen LogP contribution in [0.5, 0.6) is 34.5 Å². The molecule has 1 aliphatic heterocycles. The second-order valence-electron chi connectivity index (χ2n) is 9.68. The quantitative estimate of drug-likeness (QED) is 0.254. The van der Waals surface area contributed by atoms with Crippen molar-refractivity contribution in [1.82, 2.24) is 0 Å². The van der Waals surface area contributed by atoms with Crippen LogP contribution in [-0.2, 0) is 15.9 Å². The Morgan fingerprint density at radius 3 is 2.05 bits per heavy atom. The molecular weight excluding hydrogens is 516 g/mol. The fourth-order valence-electron chi connectivity index (χ4n) is 5.62. The molecule has 1 saturated heterocycles. The molecule has 216 valence electrons. The van der Waals surface area contributed by atoms with Crippen LogP contribution in [0.25, 0.3) is 0 Å². The van der Waals surface area contributed by atoms with Crippen molar-refractivity contribution in [2.75, 3.05) is 48.3 Å². The summed E-state index contributed by atoms with van der Waals surface area (Å²) in [4.78, 5) is 0. The first-order valence-corrected chi connectivity index (χ1v) is 12.5. The van der Waals surface area contributed by atoms with Crippen LogP contribution in [0.1, 0.15) is 22.6 Å². The van der Waals surface area contributed by atoms with Gasteiger partial charge in [0.05, 0.1) is 41.7 Å². The van der Waals surface area contributed by atoms with Gasteiger partial charge in [-0.15, -0.1) is 0 Å². The number of benzene rings is 2. The molecule has 2 aromatic rings. The molecule has 12 heteroatoms. The Balaban J connectivity index is 1.83. The maximum Gasteiger partial charge on any atom is 0.201 e. The van der Waals surface area contributed by atoms with Gasteiger partial charge in [0.25, 0.3) is 0 Å². The third-order valence-electron chi connectivity index (χ3n) is 7.62. The summed E-state index contributed by atoms with van der Waals surface area (Å²) >= 11 is 0. The SMILES string of the molecule is COc1cc(C2c3c(cc(OC)c(O)c3OC)CC(COC3C(O)OCC(O)C3O)C2CO)cc(OC)c1O. The van der Waals surface area contributed by atoms with E-state index < -0.39 is 36.4 Å². The lowest BCUT2D eigenvalue weighted by atomic mass is 9.66. The Bertz CT molecular complexity index is 1130. The van der Waals surface area contributed by atoms with E-state index in [9.17, 15) is 30.6 Å². The first kappa shape index (κ1) is 29.0. The highest BCUT2D eigenvalue weighted by atomic mass is 16.6. The maximum absolute atomic E-state index is 10.9. The van der Waals surface area contributed by atoms with E-state index in [-0.39, 0.29) is 60.2 Å². The van der Waals surface area contributed by atoms with Gasteiger partial charge >= 0.3 is 0 Å². The molecule has 7 atom stereocenters. The van der Waals surface area contributed by atoms with Crippen LogP contribution in [-0.4, -0.2) is 104 Å². The van der Waals surface area contributed by atoms with E-state index in [4.69, 9.17) is 28.4 Å². The minimum Gasteiger partial charge on any atom is -0.502 e. The van der Waals surface area contributed by atoms with Crippen LogP contribution in [0.2, 0.25) is 0 Å². The molecule has 12 nitrogen and oxygen atoms in total. The Morgan fingerprint density at radius 1 is 0.872 bits per heavy atom. The molecule has 4 rings (SSSR count). The summed E-state index contributed by atoms with van der Waals surface area (Å²) < 4.78 is 32.7. The zero-order valence-corrected chi connectivity index (χ0v) is 22.2. The number of phenols is 2. The van der Waals surface area contributed by atoms with Gasteiger partial charge in [-0.25, -0.2) is 0 Å². The smallest absolute Gasteiger partial charge is 0.201 e. The molecule has 6 N–H and O–H groups in total. The van der Waals surface area contributed by atoms with Crippen molar-refractivity contribution in [3.63, 3.8) is 0 Å². The van der Waals surface area contributed by atoms with E-state index in [1.165, 1.54) is 28.4 Å². The molecule has 2 aromatic carbocycles. The number of aromatic hydroxyl groups is 2. The van der Waals surface area contributed by atoms with Crippen molar-refractivity contribution in [3.05, 3.63) is 34.9 Å². The summed E-state index contributed by atoms with van der Waals surface area (Å²) in [6, 6.07) is 4.93. The molecule has 1 aliphatic carbocycles. The molecule has 0 aromatic heterocycles. The number of rotatable bonds is 9. The van der Waals surface area contributed by atoms with E-state index in [0.29, 0.717) is 17.5 Å². The van der Waals surface area contributed by atoms with Crippen LogP contribution >= 0.6 is 0 Å². The minimum atomic E-state index is -1.44. The first-order chi connectivity index (χ1) is 18.7. The van der Waals surface area contributed by atoms with Gasteiger partial charge in [0.1, 0.15) is 18.3 Å². The lowest BCUT2D eigenvalue weighted by molar-refractivity contribution is -0.267. The molecule has 0 bridgehead atoms. The molecule has 0 amide bonds. The molecular formula is C27H36O12. The number of phenolic OH excluding ortho intramolecular Hbond substituents is 2.